The van der Waals surface area contributed by atoms with Crippen LogP contribution in [0, 0.1) is 17.3 Å². The maximum Gasteiger partial charge on any atom is 0.410 e. The van der Waals surface area contributed by atoms with Crippen molar-refractivity contribution in [3.8, 4) is 5.75 Å². The lowest BCUT2D eigenvalue weighted by molar-refractivity contribution is -0.109. The number of rotatable bonds is 4. The minimum Gasteiger partial charge on any atom is -0.497 e. The first kappa shape index (κ1) is 24.4. The predicted octanol–water partition coefficient (Wildman–Crippen LogP) is 4.55. The van der Waals surface area contributed by atoms with Crippen LogP contribution in [0.1, 0.15) is 43.7 Å². The summed E-state index contributed by atoms with van der Waals surface area (Å²) in [5.41, 5.74) is 2.96. The quantitative estimate of drug-likeness (QED) is 0.565. The molecule has 2 saturated heterocycles. The van der Waals surface area contributed by atoms with E-state index in [0.29, 0.717) is 31.0 Å². The molecule has 4 bridgehead atoms. The summed E-state index contributed by atoms with van der Waals surface area (Å²) in [6.45, 7) is 4.01. The molecule has 35 heavy (non-hydrogen) atoms. The van der Waals surface area contributed by atoms with E-state index >= 15 is 0 Å². The second-order valence-electron chi connectivity index (χ2n) is 11.4. The average Bonchev–Trinajstić information content (AvgIpc) is 3.24. The highest BCUT2D eigenvalue weighted by Gasteiger charge is 2.76. The van der Waals surface area contributed by atoms with Gasteiger partial charge in [0.2, 0.25) is 3.79 Å². The molecule has 5 aliphatic rings. The highest BCUT2D eigenvalue weighted by Crippen LogP contribution is 2.75. The molecule has 0 aromatic heterocycles. The van der Waals surface area contributed by atoms with Crippen molar-refractivity contribution in [2.75, 3.05) is 33.4 Å². The molecule has 9 heteroatoms. The van der Waals surface area contributed by atoms with Crippen LogP contribution in [-0.2, 0) is 16.6 Å². The van der Waals surface area contributed by atoms with Crippen LogP contribution in [0.4, 0.5) is 4.79 Å². The Kier molecular flexibility index (Phi) is 5.78. The fourth-order valence-corrected chi connectivity index (χ4v) is 9.37. The Morgan fingerprint density at radius 1 is 1.31 bits per heavy atom. The van der Waals surface area contributed by atoms with Gasteiger partial charge in [0.15, 0.2) is 0 Å². The first-order valence-electron chi connectivity index (χ1n) is 12.7. The van der Waals surface area contributed by atoms with Gasteiger partial charge >= 0.3 is 6.09 Å². The van der Waals surface area contributed by atoms with E-state index in [1.807, 2.05) is 11.8 Å². The second kappa shape index (κ2) is 8.29. The molecule has 2 aliphatic heterocycles. The number of fused-ring (bicyclic) bond motifs is 1. The number of piperidine rings is 1. The minimum atomic E-state index is -1.62. The van der Waals surface area contributed by atoms with Crippen molar-refractivity contribution in [1.82, 2.24) is 9.80 Å². The number of alkyl halides is 3. The largest absolute Gasteiger partial charge is 0.497 e. The molecule has 1 aromatic rings. The zero-order valence-corrected chi connectivity index (χ0v) is 22.5. The van der Waals surface area contributed by atoms with E-state index in [2.05, 4.69) is 23.1 Å². The first-order chi connectivity index (χ1) is 16.6. The lowest BCUT2D eigenvalue weighted by atomic mass is 9.43. The molecular formula is C26H33Cl3N2O4. The summed E-state index contributed by atoms with van der Waals surface area (Å²) in [6, 6.07) is 7.12. The van der Waals surface area contributed by atoms with E-state index in [1.54, 1.807) is 7.11 Å². The molecule has 0 radical (unpaired) electrons. The standard InChI is InChI=1S/C26H33Cl3N2O4/c1-15(32)12-30-8-7-25-19-10-18(34-2)4-3-16(19)9-21(30)24(25)6-5-20-22(25)17(11-24)13-31(20)23(33)35-14-26(27,28)29/h3-4,10,15,17,20-22,32H,5-9,11-14H2,1-2H3/t15-,17-,20?,21?,22?,24?,25?/m1/s1. The fourth-order valence-electron chi connectivity index (χ4n) is 9.21. The number of halogens is 3. The van der Waals surface area contributed by atoms with Gasteiger partial charge in [-0.05, 0) is 86.1 Å². The molecule has 2 heterocycles. The molecule has 6 rings (SSSR count). The van der Waals surface area contributed by atoms with Gasteiger partial charge in [0, 0.05) is 30.6 Å². The Bertz CT molecular complexity index is 1030. The number of nitrogens with zero attached hydrogens (tertiary/aromatic N) is 2. The Morgan fingerprint density at radius 2 is 2.11 bits per heavy atom. The van der Waals surface area contributed by atoms with E-state index in [0.717, 1.165) is 44.4 Å². The van der Waals surface area contributed by atoms with Crippen LogP contribution in [-0.4, -0.2) is 76.3 Å². The number of β-amino-alcohol motifs (C(OH)–C–C–N with tert-alkyl or cyclic N) is 1. The zero-order chi connectivity index (χ0) is 24.8. The van der Waals surface area contributed by atoms with Gasteiger partial charge in [0.25, 0.3) is 0 Å². The second-order valence-corrected chi connectivity index (χ2v) is 13.9. The Balaban J connectivity index is 1.42. The van der Waals surface area contributed by atoms with Crippen molar-refractivity contribution in [3.05, 3.63) is 29.3 Å². The molecule has 1 N–H and O–H groups in total. The molecule has 2 saturated carbocycles. The van der Waals surface area contributed by atoms with Gasteiger partial charge in [-0.2, -0.15) is 0 Å². The average molecular weight is 544 g/mol. The van der Waals surface area contributed by atoms with E-state index in [-0.39, 0.29) is 35.7 Å². The molecule has 1 aromatic carbocycles. The summed E-state index contributed by atoms with van der Waals surface area (Å²) < 4.78 is 9.51. The third kappa shape index (κ3) is 3.46. The lowest BCUT2D eigenvalue weighted by Crippen LogP contribution is -2.70. The van der Waals surface area contributed by atoms with E-state index < -0.39 is 3.79 Å². The summed E-state index contributed by atoms with van der Waals surface area (Å²) in [4.78, 5) is 17.6. The molecule has 192 valence electrons. The van der Waals surface area contributed by atoms with E-state index in [9.17, 15) is 9.90 Å². The molecule has 5 unspecified atom stereocenters. The smallest absolute Gasteiger partial charge is 0.410 e. The maximum atomic E-state index is 13.1. The zero-order valence-electron chi connectivity index (χ0n) is 20.2. The van der Waals surface area contributed by atoms with Gasteiger partial charge in [0.1, 0.15) is 12.4 Å². The number of hydrogen-bond acceptors (Lipinski definition) is 5. The highest BCUT2D eigenvalue weighted by atomic mass is 35.6. The summed E-state index contributed by atoms with van der Waals surface area (Å²) >= 11 is 17.6. The summed E-state index contributed by atoms with van der Waals surface area (Å²) in [6.07, 6.45) is 4.44. The van der Waals surface area contributed by atoms with E-state index in [1.165, 1.54) is 11.1 Å². The summed E-state index contributed by atoms with van der Waals surface area (Å²) in [5, 5.41) is 10.3. The van der Waals surface area contributed by atoms with Gasteiger partial charge in [-0.25, -0.2) is 4.79 Å². The van der Waals surface area contributed by atoms with Crippen LogP contribution in [0.3, 0.4) is 0 Å². The van der Waals surface area contributed by atoms with Crippen molar-refractivity contribution in [1.29, 1.82) is 0 Å². The molecule has 4 fully saturated rings. The normalized spacial score (nSPS) is 38.1. The number of carbonyl (C=O) groups is 1. The third-order valence-corrected chi connectivity index (χ3v) is 10.2. The van der Waals surface area contributed by atoms with Crippen molar-refractivity contribution in [2.24, 2.45) is 17.3 Å². The number of likely N-dealkylation sites (tertiary alicyclic amines) is 2. The number of amides is 1. The third-order valence-electron chi connectivity index (χ3n) is 9.90. The van der Waals surface area contributed by atoms with Crippen molar-refractivity contribution in [3.63, 3.8) is 0 Å². The van der Waals surface area contributed by atoms with Crippen LogP contribution in [0.5, 0.6) is 5.75 Å². The number of hydrogen-bond donors (Lipinski definition) is 1. The van der Waals surface area contributed by atoms with Crippen molar-refractivity contribution >= 4 is 40.9 Å². The number of methoxy groups -OCH3 is 1. The number of carbonyl (C=O) groups excluding carboxylic acids is 1. The van der Waals surface area contributed by atoms with Crippen molar-refractivity contribution < 1.29 is 19.4 Å². The molecule has 1 amide bonds. The van der Waals surface area contributed by atoms with Crippen LogP contribution < -0.4 is 4.74 Å². The van der Waals surface area contributed by atoms with Crippen LogP contribution in [0.15, 0.2) is 18.2 Å². The SMILES string of the molecule is COc1ccc2c(c1)C13CCN(C[C@@H](C)O)C(C2)C12CCC1C3[C@@H](CN1C(=O)OCC(Cl)(Cl)Cl)C2. The van der Waals surface area contributed by atoms with Gasteiger partial charge in [-0.1, -0.05) is 40.9 Å². The molecule has 6 nitrogen and oxygen atoms in total. The Hall–Kier alpha value is -0.920. The number of aliphatic hydroxyl groups is 1. The highest BCUT2D eigenvalue weighted by molar-refractivity contribution is 6.67. The van der Waals surface area contributed by atoms with Gasteiger partial charge in [-0.3, -0.25) is 4.90 Å². The monoisotopic (exact) mass is 542 g/mol. The number of benzene rings is 1. The van der Waals surface area contributed by atoms with Crippen LogP contribution in [0.25, 0.3) is 0 Å². The Labute approximate surface area is 221 Å². The number of aliphatic hydroxyl groups excluding tert-OH is 1. The fraction of sp³-hybridized carbons (Fsp3) is 0.731. The topological polar surface area (TPSA) is 62.2 Å². The lowest BCUT2D eigenvalue weighted by Gasteiger charge is -2.66. The van der Waals surface area contributed by atoms with Gasteiger partial charge in [-0.15, -0.1) is 0 Å². The molecular weight excluding hydrogens is 511 g/mol. The minimum absolute atomic E-state index is 0.00713. The number of ether oxygens (including phenoxy) is 2. The summed E-state index contributed by atoms with van der Waals surface area (Å²) in [5.74, 6) is 1.68. The summed E-state index contributed by atoms with van der Waals surface area (Å²) in [7, 11) is 1.73. The molecule has 3 aliphatic carbocycles. The van der Waals surface area contributed by atoms with Crippen LogP contribution in [0.2, 0.25) is 0 Å². The predicted molar refractivity (Wildman–Crippen MR) is 135 cm³/mol. The molecule has 7 atom stereocenters. The van der Waals surface area contributed by atoms with Crippen LogP contribution >= 0.6 is 34.8 Å². The van der Waals surface area contributed by atoms with E-state index in [4.69, 9.17) is 44.3 Å². The first-order valence-corrected chi connectivity index (χ1v) is 13.8. The van der Waals surface area contributed by atoms with Crippen molar-refractivity contribution in [2.45, 2.75) is 66.4 Å². The molecule has 0 spiro atoms. The van der Waals surface area contributed by atoms with Gasteiger partial charge < -0.3 is 19.5 Å². The Morgan fingerprint density at radius 3 is 2.83 bits per heavy atom. The maximum absolute atomic E-state index is 13.1. The van der Waals surface area contributed by atoms with Gasteiger partial charge in [0.05, 0.1) is 13.2 Å².